The maximum atomic E-state index is 11.6. The summed E-state index contributed by atoms with van der Waals surface area (Å²) in [6.45, 7) is 5.25. The van der Waals surface area contributed by atoms with Gasteiger partial charge in [0.25, 0.3) is 0 Å². The third-order valence-corrected chi connectivity index (χ3v) is 2.17. The van der Waals surface area contributed by atoms with E-state index < -0.39 is 0 Å². The Balaban J connectivity index is 3.67. The number of rotatable bonds is 8. The summed E-state index contributed by atoms with van der Waals surface area (Å²) in [7, 11) is 0. The lowest BCUT2D eigenvalue weighted by Gasteiger charge is -2.20. The van der Waals surface area contributed by atoms with Gasteiger partial charge in [-0.15, -0.1) is 0 Å². The second-order valence-electron chi connectivity index (χ2n) is 3.42. The first-order chi connectivity index (χ1) is 7.65. The minimum absolute atomic E-state index is 0.0671. The van der Waals surface area contributed by atoms with Gasteiger partial charge < -0.3 is 0 Å². The van der Waals surface area contributed by atoms with E-state index in [2.05, 4.69) is 10.9 Å². The molecule has 0 saturated heterocycles. The zero-order chi connectivity index (χ0) is 12.4. The summed E-state index contributed by atoms with van der Waals surface area (Å²) in [5, 5.41) is 1.60. The van der Waals surface area contributed by atoms with Gasteiger partial charge in [-0.25, -0.2) is 11.3 Å². The lowest BCUT2D eigenvalue weighted by atomic mass is 10.2. The highest BCUT2D eigenvalue weighted by Gasteiger charge is 2.09. The Kier molecular flexibility index (Phi) is 8.46. The topological polar surface area (TPSA) is 87.5 Å². The zero-order valence-electron chi connectivity index (χ0n) is 10.1. The summed E-state index contributed by atoms with van der Waals surface area (Å²) in [4.78, 5) is 22.4. The van der Waals surface area contributed by atoms with Crippen LogP contribution in [-0.2, 0) is 9.59 Å². The van der Waals surface area contributed by atoms with Crippen LogP contribution in [0, 0.1) is 0 Å². The predicted molar refractivity (Wildman–Crippen MR) is 61.9 cm³/mol. The molecule has 0 atom stereocenters. The van der Waals surface area contributed by atoms with Crippen molar-refractivity contribution in [3.8, 4) is 0 Å². The molecule has 94 valence electrons. The molecule has 0 aromatic heterocycles. The van der Waals surface area contributed by atoms with Crippen molar-refractivity contribution in [2.75, 3.05) is 13.1 Å². The van der Waals surface area contributed by atoms with Crippen LogP contribution < -0.4 is 16.7 Å². The number of hydrogen-bond acceptors (Lipinski definition) is 4. The van der Waals surface area contributed by atoms with Gasteiger partial charge in [0.05, 0.1) is 0 Å². The van der Waals surface area contributed by atoms with E-state index in [1.165, 1.54) is 0 Å². The summed E-state index contributed by atoms with van der Waals surface area (Å²) < 4.78 is 0. The fraction of sp³-hybridized carbons (Fsp3) is 0.800. The van der Waals surface area contributed by atoms with Crippen LogP contribution in [0.1, 0.15) is 39.5 Å². The van der Waals surface area contributed by atoms with Gasteiger partial charge in [-0.2, -0.15) is 0 Å². The maximum Gasteiger partial charge on any atom is 0.236 e. The molecular formula is C10H22N4O2. The van der Waals surface area contributed by atoms with Gasteiger partial charge in [0.15, 0.2) is 0 Å². The maximum absolute atomic E-state index is 11.6. The number of carbonyl (C=O) groups is 2. The largest absolute Gasteiger partial charge is 0.294 e. The molecule has 4 N–H and O–H groups in total. The van der Waals surface area contributed by atoms with Gasteiger partial charge in [-0.05, 0) is 19.8 Å². The number of nitrogens with two attached hydrogens (primary N) is 1. The highest BCUT2D eigenvalue weighted by atomic mass is 16.2. The fourth-order valence-electron chi connectivity index (χ4n) is 1.34. The van der Waals surface area contributed by atoms with Crippen LogP contribution in [0.3, 0.4) is 0 Å². The van der Waals surface area contributed by atoms with Crippen LogP contribution in [0.25, 0.3) is 0 Å². The molecule has 0 aliphatic heterocycles. The molecule has 0 radical (unpaired) electrons. The number of amides is 2. The summed E-state index contributed by atoms with van der Waals surface area (Å²) in [5.41, 5.74) is 5.04. The number of carbonyl (C=O) groups excluding carboxylic acids is 2. The monoisotopic (exact) mass is 230 g/mol. The van der Waals surface area contributed by atoms with Crippen LogP contribution in [0.5, 0.6) is 0 Å². The third-order valence-electron chi connectivity index (χ3n) is 2.17. The summed E-state index contributed by atoms with van der Waals surface area (Å²) in [6, 6.07) is 0. The van der Waals surface area contributed by atoms with E-state index in [0.29, 0.717) is 32.2 Å². The number of hydrazine groups is 2. The van der Waals surface area contributed by atoms with Gasteiger partial charge in [0.2, 0.25) is 11.8 Å². The SMILES string of the molecule is CCNN(CC)C(=O)CCCCC(=O)NN. The Hall–Kier alpha value is -1.14. The van der Waals surface area contributed by atoms with E-state index in [4.69, 9.17) is 5.84 Å². The van der Waals surface area contributed by atoms with Crippen molar-refractivity contribution in [3.05, 3.63) is 0 Å². The van der Waals surface area contributed by atoms with Crippen molar-refractivity contribution in [2.45, 2.75) is 39.5 Å². The molecular weight excluding hydrogens is 208 g/mol. The molecule has 0 unspecified atom stereocenters. The van der Waals surface area contributed by atoms with E-state index in [1.54, 1.807) is 5.01 Å². The van der Waals surface area contributed by atoms with Gasteiger partial charge >= 0.3 is 0 Å². The molecule has 0 saturated carbocycles. The number of nitrogens with zero attached hydrogens (tertiary/aromatic N) is 1. The molecule has 6 heteroatoms. The zero-order valence-corrected chi connectivity index (χ0v) is 10.1. The Morgan fingerprint density at radius 2 is 1.81 bits per heavy atom. The number of nitrogens with one attached hydrogen (secondary N) is 2. The van der Waals surface area contributed by atoms with Crippen molar-refractivity contribution < 1.29 is 9.59 Å². The highest BCUT2D eigenvalue weighted by molar-refractivity contribution is 5.76. The summed E-state index contributed by atoms with van der Waals surface area (Å²) in [6.07, 6.45) is 2.21. The number of unbranched alkanes of at least 4 members (excludes halogenated alkanes) is 1. The lowest BCUT2D eigenvalue weighted by Crippen LogP contribution is -2.42. The standard InChI is InChI=1S/C10H22N4O2/c1-3-12-14(4-2)10(16)8-6-5-7-9(15)13-11/h12H,3-8,11H2,1-2H3,(H,13,15). The summed E-state index contributed by atoms with van der Waals surface area (Å²) in [5.74, 6) is 4.82. The molecule has 2 amide bonds. The molecule has 0 spiro atoms. The first-order valence-electron chi connectivity index (χ1n) is 5.69. The van der Waals surface area contributed by atoms with Crippen LogP contribution in [0.15, 0.2) is 0 Å². The summed E-state index contributed by atoms with van der Waals surface area (Å²) >= 11 is 0. The Labute approximate surface area is 96.5 Å². The van der Waals surface area contributed by atoms with E-state index in [-0.39, 0.29) is 11.8 Å². The van der Waals surface area contributed by atoms with Crippen LogP contribution in [-0.4, -0.2) is 29.9 Å². The fourth-order valence-corrected chi connectivity index (χ4v) is 1.34. The molecule has 0 aromatic carbocycles. The van der Waals surface area contributed by atoms with Crippen LogP contribution >= 0.6 is 0 Å². The molecule has 0 rings (SSSR count). The average Bonchev–Trinajstić information content (AvgIpc) is 2.30. The third kappa shape index (κ3) is 6.36. The molecule has 0 aromatic rings. The molecule has 0 aliphatic carbocycles. The van der Waals surface area contributed by atoms with Crippen molar-refractivity contribution in [1.29, 1.82) is 0 Å². The van der Waals surface area contributed by atoms with Crippen molar-refractivity contribution in [2.24, 2.45) is 5.84 Å². The Morgan fingerprint density at radius 3 is 2.31 bits per heavy atom. The Bertz CT molecular complexity index is 221. The molecule has 6 nitrogen and oxygen atoms in total. The second-order valence-corrected chi connectivity index (χ2v) is 3.42. The Morgan fingerprint density at radius 1 is 1.19 bits per heavy atom. The molecule has 0 aliphatic rings. The minimum atomic E-state index is -0.188. The van der Waals surface area contributed by atoms with Crippen molar-refractivity contribution in [3.63, 3.8) is 0 Å². The first kappa shape index (κ1) is 14.9. The van der Waals surface area contributed by atoms with Gasteiger partial charge in [-0.1, -0.05) is 6.92 Å². The van der Waals surface area contributed by atoms with Gasteiger partial charge in [-0.3, -0.25) is 20.0 Å². The van der Waals surface area contributed by atoms with E-state index in [0.717, 1.165) is 6.54 Å². The molecule has 0 heterocycles. The van der Waals surface area contributed by atoms with Crippen molar-refractivity contribution in [1.82, 2.24) is 15.9 Å². The smallest absolute Gasteiger partial charge is 0.236 e. The quantitative estimate of drug-likeness (QED) is 0.235. The predicted octanol–water partition coefficient (Wildman–Crippen LogP) is -0.0903. The lowest BCUT2D eigenvalue weighted by molar-refractivity contribution is -0.134. The average molecular weight is 230 g/mol. The normalized spacial score (nSPS) is 9.94. The van der Waals surface area contributed by atoms with Gasteiger partial charge in [0, 0.05) is 25.9 Å². The van der Waals surface area contributed by atoms with E-state index in [1.807, 2.05) is 13.8 Å². The van der Waals surface area contributed by atoms with Gasteiger partial charge in [0.1, 0.15) is 0 Å². The van der Waals surface area contributed by atoms with Crippen molar-refractivity contribution >= 4 is 11.8 Å². The first-order valence-corrected chi connectivity index (χ1v) is 5.69. The van der Waals surface area contributed by atoms with Crippen LogP contribution in [0.4, 0.5) is 0 Å². The minimum Gasteiger partial charge on any atom is -0.294 e. The molecule has 0 fully saturated rings. The van der Waals surface area contributed by atoms with E-state index in [9.17, 15) is 9.59 Å². The van der Waals surface area contributed by atoms with E-state index >= 15 is 0 Å². The molecule has 0 bridgehead atoms. The highest BCUT2D eigenvalue weighted by Crippen LogP contribution is 2.02. The number of hydrogen-bond donors (Lipinski definition) is 3. The molecule has 16 heavy (non-hydrogen) atoms. The second kappa shape index (κ2) is 9.11. The van der Waals surface area contributed by atoms with Crippen LogP contribution in [0.2, 0.25) is 0 Å².